The van der Waals surface area contributed by atoms with Gasteiger partial charge < -0.3 is 16.2 Å². The monoisotopic (exact) mass is 290 g/mol. The first-order valence-corrected chi connectivity index (χ1v) is 6.19. The number of hydrogen-bond acceptors (Lipinski definition) is 3. The van der Waals surface area contributed by atoms with E-state index in [1.807, 2.05) is 0 Å². The van der Waals surface area contributed by atoms with E-state index in [9.17, 15) is 4.79 Å². The molecule has 0 unspecified atom stereocenters. The maximum Gasteiger partial charge on any atom is 0.250 e. The molecule has 5 heteroatoms. The van der Waals surface area contributed by atoms with Crippen LogP contribution in [0.3, 0.4) is 0 Å². The fourth-order valence-corrected chi connectivity index (χ4v) is 1.68. The van der Waals surface area contributed by atoms with Crippen LogP contribution in [0.4, 0.5) is 0 Å². The van der Waals surface area contributed by atoms with Crippen molar-refractivity contribution >= 4 is 23.2 Å². The molecule has 2 aromatic carbocycles. The van der Waals surface area contributed by atoms with Crippen molar-refractivity contribution in [1.82, 2.24) is 0 Å². The number of primary amides is 1. The lowest BCUT2D eigenvalue weighted by Gasteiger charge is -1.98. The summed E-state index contributed by atoms with van der Waals surface area (Å²) in [6.45, 7) is 1.65. The Morgan fingerprint density at radius 3 is 1.95 bits per heavy atom. The first kappa shape index (κ1) is 15.7. The molecule has 1 amide bonds. The van der Waals surface area contributed by atoms with Crippen molar-refractivity contribution in [2.45, 2.75) is 6.92 Å². The van der Waals surface area contributed by atoms with Crippen LogP contribution in [0.15, 0.2) is 48.5 Å². The molecule has 0 heterocycles. The SMILES string of the molecule is CC(=N)c1ccccc1O.NC(=O)c1ccccc1Cl. The second-order valence-corrected chi connectivity index (χ2v) is 4.39. The fourth-order valence-electron chi connectivity index (χ4n) is 1.45. The highest BCUT2D eigenvalue weighted by molar-refractivity contribution is 6.33. The van der Waals surface area contributed by atoms with E-state index in [1.54, 1.807) is 55.5 Å². The zero-order valence-electron chi connectivity index (χ0n) is 10.9. The average molecular weight is 291 g/mol. The van der Waals surface area contributed by atoms with E-state index in [1.165, 1.54) is 0 Å². The van der Waals surface area contributed by atoms with Crippen molar-refractivity contribution in [3.63, 3.8) is 0 Å². The number of benzene rings is 2. The molecule has 2 rings (SSSR count). The number of para-hydroxylation sites is 1. The van der Waals surface area contributed by atoms with Crippen molar-refractivity contribution in [3.8, 4) is 5.75 Å². The Bertz CT molecular complexity index is 571. The van der Waals surface area contributed by atoms with Gasteiger partial charge in [0, 0.05) is 11.3 Å². The lowest BCUT2D eigenvalue weighted by Crippen LogP contribution is -2.10. The molecule has 2 aromatic rings. The number of halogens is 1. The van der Waals surface area contributed by atoms with Gasteiger partial charge in [0.2, 0.25) is 5.91 Å². The molecule has 4 N–H and O–H groups in total. The van der Waals surface area contributed by atoms with Crippen molar-refractivity contribution in [2.24, 2.45) is 5.73 Å². The number of phenolic OH excluding ortho intramolecular Hbond substituents is 1. The van der Waals surface area contributed by atoms with Crippen molar-refractivity contribution < 1.29 is 9.90 Å². The molecule has 0 saturated carbocycles. The maximum atomic E-state index is 10.6. The number of hydrogen-bond donors (Lipinski definition) is 3. The molecular weight excluding hydrogens is 276 g/mol. The van der Waals surface area contributed by atoms with Gasteiger partial charge in [-0.3, -0.25) is 4.79 Å². The quantitative estimate of drug-likeness (QED) is 0.742. The van der Waals surface area contributed by atoms with Gasteiger partial charge in [-0.25, -0.2) is 0 Å². The Morgan fingerprint density at radius 2 is 1.60 bits per heavy atom. The van der Waals surface area contributed by atoms with Crippen LogP contribution in [-0.4, -0.2) is 16.7 Å². The van der Waals surface area contributed by atoms with Gasteiger partial charge in [-0.2, -0.15) is 0 Å². The molecular formula is C15H15ClN2O2. The second-order valence-electron chi connectivity index (χ2n) is 3.99. The van der Waals surface area contributed by atoms with Crippen LogP contribution >= 0.6 is 11.6 Å². The highest BCUT2D eigenvalue weighted by atomic mass is 35.5. The van der Waals surface area contributed by atoms with Gasteiger partial charge in [0.15, 0.2) is 0 Å². The number of nitrogens with two attached hydrogens (primary N) is 1. The summed E-state index contributed by atoms with van der Waals surface area (Å²) in [6, 6.07) is 13.5. The third-order valence-corrected chi connectivity index (χ3v) is 2.78. The number of amides is 1. The Hall–Kier alpha value is -2.33. The summed E-state index contributed by atoms with van der Waals surface area (Å²) >= 11 is 5.62. The predicted molar refractivity (Wildman–Crippen MR) is 80.6 cm³/mol. The average Bonchev–Trinajstić information content (AvgIpc) is 2.40. The van der Waals surface area contributed by atoms with Gasteiger partial charge in [0.1, 0.15) is 5.75 Å². The first-order chi connectivity index (χ1) is 9.43. The molecule has 0 atom stereocenters. The van der Waals surface area contributed by atoms with Gasteiger partial charge >= 0.3 is 0 Å². The van der Waals surface area contributed by atoms with Gasteiger partial charge in [-0.1, -0.05) is 35.9 Å². The predicted octanol–water partition coefficient (Wildman–Crippen LogP) is 3.22. The Balaban J connectivity index is 0.000000200. The van der Waals surface area contributed by atoms with E-state index >= 15 is 0 Å². The summed E-state index contributed by atoms with van der Waals surface area (Å²) in [4.78, 5) is 10.6. The first-order valence-electron chi connectivity index (χ1n) is 5.81. The van der Waals surface area contributed by atoms with Gasteiger partial charge in [0.25, 0.3) is 0 Å². The lowest BCUT2D eigenvalue weighted by atomic mass is 10.1. The summed E-state index contributed by atoms with van der Waals surface area (Å²) in [5.74, 6) is -0.319. The minimum atomic E-state index is -0.495. The molecule has 0 aliphatic carbocycles. The van der Waals surface area contributed by atoms with Gasteiger partial charge in [-0.05, 0) is 31.2 Å². The van der Waals surface area contributed by atoms with Crippen LogP contribution in [0.1, 0.15) is 22.8 Å². The highest BCUT2D eigenvalue weighted by Crippen LogP contribution is 2.15. The van der Waals surface area contributed by atoms with E-state index < -0.39 is 5.91 Å². The zero-order chi connectivity index (χ0) is 15.1. The number of carbonyl (C=O) groups excluding carboxylic acids is 1. The number of rotatable bonds is 2. The number of phenols is 1. The molecule has 0 aliphatic heterocycles. The van der Waals surface area contributed by atoms with Gasteiger partial charge in [-0.15, -0.1) is 0 Å². The van der Waals surface area contributed by atoms with Crippen LogP contribution < -0.4 is 5.73 Å². The summed E-state index contributed by atoms with van der Waals surface area (Å²) in [5.41, 5.74) is 6.34. The minimum absolute atomic E-state index is 0.176. The normalized spacial score (nSPS) is 9.30. The van der Waals surface area contributed by atoms with Crippen LogP contribution in [0.2, 0.25) is 5.02 Å². The molecule has 0 aromatic heterocycles. The van der Waals surface area contributed by atoms with E-state index in [2.05, 4.69) is 0 Å². The molecule has 0 aliphatic rings. The van der Waals surface area contributed by atoms with Crippen molar-refractivity contribution in [2.75, 3.05) is 0 Å². The molecule has 0 spiro atoms. The molecule has 4 nitrogen and oxygen atoms in total. The number of carbonyl (C=O) groups is 1. The zero-order valence-corrected chi connectivity index (χ0v) is 11.7. The second kappa shape index (κ2) is 7.31. The highest BCUT2D eigenvalue weighted by Gasteiger charge is 2.02. The van der Waals surface area contributed by atoms with Crippen molar-refractivity contribution in [3.05, 3.63) is 64.7 Å². The van der Waals surface area contributed by atoms with Crippen LogP contribution in [-0.2, 0) is 0 Å². The summed E-state index contributed by atoms with van der Waals surface area (Å²) < 4.78 is 0. The van der Waals surface area contributed by atoms with E-state index in [4.69, 9.17) is 27.9 Å². The maximum absolute atomic E-state index is 10.6. The third-order valence-electron chi connectivity index (χ3n) is 2.45. The van der Waals surface area contributed by atoms with Crippen LogP contribution in [0.25, 0.3) is 0 Å². The van der Waals surface area contributed by atoms with E-state index in [-0.39, 0.29) is 5.75 Å². The summed E-state index contributed by atoms with van der Waals surface area (Å²) in [5, 5.41) is 16.8. The molecule has 0 radical (unpaired) electrons. The van der Waals surface area contributed by atoms with E-state index in [0.29, 0.717) is 21.9 Å². The molecule has 0 bridgehead atoms. The van der Waals surface area contributed by atoms with E-state index in [0.717, 1.165) is 0 Å². The molecule has 0 fully saturated rings. The fraction of sp³-hybridized carbons (Fsp3) is 0.0667. The molecule has 104 valence electrons. The molecule has 0 saturated heterocycles. The standard InChI is InChI=1S/C8H9NO.C7H6ClNO/c1-6(9)7-4-2-3-5-8(7)10;8-6-4-2-1-3-5(6)7(9)10/h2-5,9-10H,1H3;1-4H,(H2,9,10). The third kappa shape index (κ3) is 4.40. The summed E-state index contributed by atoms with van der Waals surface area (Å²) in [7, 11) is 0. The lowest BCUT2D eigenvalue weighted by molar-refractivity contribution is 0.100. The Kier molecular flexibility index (Phi) is 5.74. The van der Waals surface area contributed by atoms with Gasteiger partial charge in [0.05, 0.1) is 10.6 Å². The Labute approximate surface area is 122 Å². The minimum Gasteiger partial charge on any atom is -0.507 e. The summed E-state index contributed by atoms with van der Waals surface area (Å²) in [6.07, 6.45) is 0. The number of nitrogens with one attached hydrogen (secondary N) is 1. The van der Waals surface area contributed by atoms with Crippen LogP contribution in [0.5, 0.6) is 5.75 Å². The topological polar surface area (TPSA) is 87.2 Å². The number of aromatic hydroxyl groups is 1. The Morgan fingerprint density at radius 1 is 1.10 bits per heavy atom. The van der Waals surface area contributed by atoms with Crippen molar-refractivity contribution in [1.29, 1.82) is 5.41 Å². The molecule has 20 heavy (non-hydrogen) atoms. The smallest absolute Gasteiger partial charge is 0.250 e. The largest absolute Gasteiger partial charge is 0.507 e. The van der Waals surface area contributed by atoms with Crippen LogP contribution in [0, 0.1) is 5.41 Å².